The first-order valence-corrected chi connectivity index (χ1v) is 12.4. The van der Waals surface area contributed by atoms with E-state index < -0.39 is 0 Å². The van der Waals surface area contributed by atoms with Gasteiger partial charge in [-0.25, -0.2) is 0 Å². The van der Waals surface area contributed by atoms with E-state index in [1.807, 2.05) is 0 Å². The summed E-state index contributed by atoms with van der Waals surface area (Å²) in [7, 11) is 0.0494. The number of rotatable bonds is 5. The molecular weight excluding hydrogens is 410 g/mol. The minimum absolute atomic E-state index is 0.0494. The number of hydrogen-bond acceptors (Lipinski definition) is 0. The molecule has 1 aliphatic heterocycles. The van der Waals surface area contributed by atoms with Crippen molar-refractivity contribution in [3.63, 3.8) is 0 Å². The van der Waals surface area contributed by atoms with Gasteiger partial charge in [0.25, 0.3) is 0 Å². The molecule has 3 rings (SSSR count). The maximum Gasteiger partial charge on any atom is 0.0181 e. The molecule has 0 nitrogen and oxygen atoms in total. The monoisotopic (exact) mass is 442 g/mol. The van der Waals surface area contributed by atoms with Gasteiger partial charge in [-0.05, 0) is 72.5 Å². The number of halogens is 1. The van der Waals surface area contributed by atoms with E-state index in [1.54, 1.807) is 10.9 Å². The van der Waals surface area contributed by atoms with Crippen molar-refractivity contribution < 1.29 is 0 Å². The van der Waals surface area contributed by atoms with Crippen molar-refractivity contribution in [3.8, 4) is 0 Å². The van der Waals surface area contributed by atoms with Crippen LogP contribution >= 0.6 is 30.5 Å². The zero-order valence-electron chi connectivity index (χ0n) is 15.0. The lowest BCUT2D eigenvalue weighted by atomic mass is 9.87. The van der Waals surface area contributed by atoms with Gasteiger partial charge in [0.15, 0.2) is 0 Å². The van der Waals surface area contributed by atoms with Gasteiger partial charge in [-0.1, -0.05) is 82.0 Å². The first-order chi connectivity index (χ1) is 11.2. The number of hydrogen-bond donors (Lipinski definition) is 0. The molecule has 1 saturated heterocycles. The van der Waals surface area contributed by atoms with E-state index in [2.05, 4.69) is 67.6 Å². The Bertz CT molecular complexity index is 502. The van der Waals surface area contributed by atoms with Crippen LogP contribution in [0.2, 0.25) is 0 Å². The summed E-state index contributed by atoms with van der Waals surface area (Å²) in [5, 5.41) is 1.80. The molecule has 1 aromatic carbocycles. The van der Waals surface area contributed by atoms with Gasteiger partial charge in [-0.2, -0.15) is 0 Å². The lowest BCUT2D eigenvalue weighted by Gasteiger charge is -2.31. The minimum atomic E-state index is 0.0494. The summed E-state index contributed by atoms with van der Waals surface area (Å²) in [5.74, 6) is 1.73. The van der Waals surface area contributed by atoms with Crippen molar-refractivity contribution in [2.45, 2.75) is 86.9 Å². The summed E-state index contributed by atoms with van der Waals surface area (Å²) in [6, 6.07) is 9.64. The van der Waals surface area contributed by atoms with Gasteiger partial charge in [0, 0.05) is 3.92 Å². The van der Waals surface area contributed by atoms with Gasteiger partial charge in [0.05, 0.1) is 0 Å². The molecule has 1 unspecified atom stereocenters. The molecule has 5 atom stereocenters. The summed E-state index contributed by atoms with van der Waals surface area (Å²) in [4.78, 5) is 0. The summed E-state index contributed by atoms with van der Waals surface area (Å²) in [6.07, 6.45) is 9.93. The van der Waals surface area contributed by atoms with Crippen LogP contribution in [0.5, 0.6) is 0 Å². The van der Waals surface area contributed by atoms with Gasteiger partial charge in [-0.3, -0.25) is 0 Å². The molecule has 0 N–H and O–H groups in total. The Hall–Kier alpha value is 0.380. The van der Waals surface area contributed by atoms with E-state index in [0.29, 0.717) is 0 Å². The zero-order valence-corrected chi connectivity index (χ0v) is 18.0. The predicted molar refractivity (Wildman–Crippen MR) is 114 cm³/mol. The van der Waals surface area contributed by atoms with Gasteiger partial charge >= 0.3 is 0 Å². The molecule has 2 aliphatic rings. The Balaban J connectivity index is 2.00. The molecule has 0 spiro atoms. The predicted octanol–water partition coefficient (Wildman–Crippen LogP) is 6.85. The molecule has 0 radical (unpaired) electrons. The second kappa shape index (κ2) is 8.17. The molecule has 1 heterocycles. The Kier molecular flexibility index (Phi) is 6.46. The molecule has 23 heavy (non-hydrogen) atoms. The fraction of sp³-hybridized carbons (Fsp3) is 0.714. The molecule has 0 bridgehead atoms. The van der Waals surface area contributed by atoms with Crippen LogP contribution in [0.25, 0.3) is 0 Å². The van der Waals surface area contributed by atoms with Crippen molar-refractivity contribution in [1.82, 2.24) is 0 Å². The quantitative estimate of drug-likeness (QED) is 0.266. The SMILES string of the molecule is CC[C@@H]1CC[C@@H](I)C1c1ccccc1P1[C@H](CC)CC[C@H]1CC. The van der Waals surface area contributed by atoms with Crippen LogP contribution in [0.1, 0.15) is 77.2 Å². The maximum atomic E-state index is 2.75. The highest BCUT2D eigenvalue weighted by Gasteiger charge is 2.40. The normalized spacial score (nSPS) is 35.0. The fourth-order valence-corrected chi connectivity index (χ4v) is 10.2. The molecule has 2 fully saturated rings. The van der Waals surface area contributed by atoms with Crippen LogP contribution in [0.3, 0.4) is 0 Å². The molecule has 1 aliphatic carbocycles. The van der Waals surface area contributed by atoms with E-state index in [1.165, 1.54) is 44.9 Å². The molecule has 2 heteroatoms. The molecule has 1 aromatic rings. The first-order valence-electron chi connectivity index (χ1n) is 9.72. The lowest BCUT2D eigenvalue weighted by molar-refractivity contribution is 0.476. The Morgan fingerprint density at radius 2 is 1.57 bits per heavy atom. The largest absolute Gasteiger partial charge is 0.0819 e. The van der Waals surface area contributed by atoms with Crippen LogP contribution in [-0.4, -0.2) is 15.2 Å². The third-order valence-corrected chi connectivity index (χ3v) is 11.6. The molecular formula is C21H32IP. The summed E-state index contributed by atoms with van der Waals surface area (Å²) < 4.78 is 0.844. The van der Waals surface area contributed by atoms with Gasteiger partial charge in [0.1, 0.15) is 0 Å². The van der Waals surface area contributed by atoms with Crippen LogP contribution in [0, 0.1) is 5.92 Å². The second-order valence-corrected chi connectivity index (χ2v) is 11.8. The van der Waals surface area contributed by atoms with Crippen LogP contribution < -0.4 is 5.30 Å². The van der Waals surface area contributed by atoms with E-state index in [0.717, 1.165) is 27.1 Å². The molecule has 0 amide bonds. The highest BCUT2D eigenvalue weighted by atomic mass is 127. The summed E-state index contributed by atoms with van der Waals surface area (Å²) >= 11 is 2.75. The molecule has 128 valence electrons. The third kappa shape index (κ3) is 3.52. The number of benzene rings is 1. The van der Waals surface area contributed by atoms with Crippen molar-refractivity contribution in [1.29, 1.82) is 0 Å². The van der Waals surface area contributed by atoms with E-state index in [4.69, 9.17) is 0 Å². The van der Waals surface area contributed by atoms with Crippen molar-refractivity contribution in [2.75, 3.05) is 0 Å². The average molecular weight is 442 g/mol. The van der Waals surface area contributed by atoms with Gasteiger partial charge < -0.3 is 0 Å². The maximum absolute atomic E-state index is 2.75. The van der Waals surface area contributed by atoms with Crippen molar-refractivity contribution in [3.05, 3.63) is 29.8 Å². The highest BCUT2D eigenvalue weighted by Crippen LogP contribution is 2.59. The van der Waals surface area contributed by atoms with E-state index in [9.17, 15) is 0 Å². The van der Waals surface area contributed by atoms with E-state index >= 15 is 0 Å². The van der Waals surface area contributed by atoms with Crippen molar-refractivity contribution >= 4 is 35.8 Å². The molecule has 1 saturated carbocycles. The third-order valence-electron chi connectivity index (χ3n) is 6.37. The van der Waals surface area contributed by atoms with Crippen LogP contribution in [0.4, 0.5) is 0 Å². The van der Waals surface area contributed by atoms with Crippen molar-refractivity contribution in [2.24, 2.45) is 5.92 Å². The second-order valence-electron chi connectivity index (χ2n) is 7.46. The van der Waals surface area contributed by atoms with E-state index in [-0.39, 0.29) is 7.92 Å². The lowest BCUT2D eigenvalue weighted by Crippen LogP contribution is -2.24. The molecule has 0 aromatic heterocycles. The Morgan fingerprint density at radius 1 is 0.913 bits per heavy atom. The van der Waals surface area contributed by atoms with Crippen LogP contribution in [0.15, 0.2) is 24.3 Å². The number of alkyl halides is 1. The smallest absolute Gasteiger partial charge is 0.0181 e. The topological polar surface area (TPSA) is 0 Å². The highest BCUT2D eigenvalue weighted by molar-refractivity contribution is 14.1. The fourth-order valence-electron chi connectivity index (χ4n) is 5.10. The Morgan fingerprint density at radius 3 is 2.17 bits per heavy atom. The average Bonchev–Trinajstić information content (AvgIpc) is 3.17. The van der Waals surface area contributed by atoms with Gasteiger partial charge in [-0.15, -0.1) is 0 Å². The zero-order chi connectivity index (χ0) is 16.4. The summed E-state index contributed by atoms with van der Waals surface area (Å²) in [6.45, 7) is 7.25. The standard InChI is InChI=1S/C21H32IP/c1-4-15-11-14-19(22)21(15)18-9-7-8-10-20(18)23-16(5-2)12-13-17(23)6-3/h7-10,15-17,19,21H,4-6,11-14H2,1-3H3/t15-,16-,17-,19-,21?/m1/s1. The summed E-state index contributed by atoms with van der Waals surface area (Å²) in [5.41, 5.74) is 3.71. The van der Waals surface area contributed by atoms with Crippen LogP contribution in [-0.2, 0) is 0 Å². The Labute approximate surface area is 158 Å². The minimum Gasteiger partial charge on any atom is -0.0819 e. The first kappa shape index (κ1) is 18.2. The van der Waals surface area contributed by atoms with Gasteiger partial charge in [0.2, 0.25) is 0 Å².